The van der Waals surface area contributed by atoms with Gasteiger partial charge >= 0.3 is 0 Å². The third kappa shape index (κ3) is 5.30. The van der Waals surface area contributed by atoms with Gasteiger partial charge in [0.15, 0.2) is 0 Å². The summed E-state index contributed by atoms with van der Waals surface area (Å²) in [5, 5.41) is 0. The molecule has 2 heteroatoms. The standard InChI is InChI=1S/C18H33NO/c1-6-8-9-10-11-17-12-18(17,5)14-19(16(4)20)13-15(3)7-2/h8-9,15,17H,6-7,10-14H2,1-5H3/b9-8-. The minimum Gasteiger partial charge on any atom is -0.342 e. The Morgan fingerprint density at radius 3 is 2.65 bits per heavy atom. The zero-order valence-corrected chi connectivity index (χ0v) is 14.1. The Morgan fingerprint density at radius 1 is 1.40 bits per heavy atom. The van der Waals surface area contributed by atoms with Gasteiger partial charge in [-0.1, -0.05) is 46.3 Å². The fraction of sp³-hybridized carbons (Fsp3) is 0.833. The number of carbonyl (C=O) groups is 1. The first-order valence-corrected chi connectivity index (χ1v) is 8.33. The molecule has 1 saturated carbocycles. The molecule has 0 aromatic rings. The molecule has 0 aromatic heterocycles. The molecule has 0 N–H and O–H groups in total. The summed E-state index contributed by atoms with van der Waals surface area (Å²) in [7, 11) is 0. The molecule has 2 nitrogen and oxygen atoms in total. The lowest BCUT2D eigenvalue weighted by molar-refractivity contribution is -0.130. The fourth-order valence-corrected chi connectivity index (χ4v) is 2.98. The van der Waals surface area contributed by atoms with Gasteiger partial charge in [0.05, 0.1) is 0 Å². The molecule has 1 fully saturated rings. The SMILES string of the molecule is CC/C=C\CCC1CC1(C)CN(CC(C)CC)C(C)=O. The number of hydrogen-bond donors (Lipinski definition) is 0. The highest BCUT2D eigenvalue weighted by Gasteiger charge is 2.50. The first-order chi connectivity index (χ1) is 9.42. The molecule has 0 spiro atoms. The normalized spacial score (nSPS) is 26.8. The summed E-state index contributed by atoms with van der Waals surface area (Å²) in [5.74, 6) is 1.65. The lowest BCUT2D eigenvalue weighted by Gasteiger charge is -2.28. The predicted molar refractivity (Wildman–Crippen MR) is 86.6 cm³/mol. The van der Waals surface area contributed by atoms with Crippen molar-refractivity contribution in [2.45, 2.75) is 66.7 Å². The molecule has 3 unspecified atom stereocenters. The van der Waals surface area contributed by atoms with E-state index in [1.165, 1.54) is 19.3 Å². The van der Waals surface area contributed by atoms with Crippen LogP contribution in [0.2, 0.25) is 0 Å². The lowest BCUT2D eigenvalue weighted by Crippen LogP contribution is -2.37. The Morgan fingerprint density at radius 2 is 2.10 bits per heavy atom. The lowest BCUT2D eigenvalue weighted by atomic mass is 10.0. The van der Waals surface area contributed by atoms with Gasteiger partial charge in [-0.3, -0.25) is 4.79 Å². The van der Waals surface area contributed by atoms with Crippen molar-refractivity contribution in [3.63, 3.8) is 0 Å². The minimum absolute atomic E-state index is 0.239. The zero-order valence-electron chi connectivity index (χ0n) is 14.1. The second-order valence-corrected chi connectivity index (χ2v) is 6.93. The van der Waals surface area contributed by atoms with Crippen molar-refractivity contribution in [1.82, 2.24) is 4.90 Å². The van der Waals surface area contributed by atoms with Gasteiger partial charge in [0.1, 0.15) is 0 Å². The smallest absolute Gasteiger partial charge is 0.219 e. The van der Waals surface area contributed by atoms with Gasteiger partial charge in [0.25, 0.3) is 0 Å². The predicted octanol–water partition coefficient (Wildman–Crippen LogP) is 4.65. The average Bonchev–Trinajstić information content (AvgIpc) is 3.04. The van der Waals surface area contributed by atoms with Gasteiger partial charge < -0.3 is 4.90 Å². The van der Waals surface area contributed by atoms with Crippen LogP contribution in [0.25, 0.3) is 0 Å². The van der Waals surface area contributed by atoms with Crippen molar-refractivity contribution in [2.24, 2.45) is 17.3 Å². The minimum atomic E-state index is 0.239. The largest absolute Gasteiger partial charge is 0.342 e. The van der Waals surface area contributed by atoms with E-state index < -0.39 is 0 Å². The molecule has 0 radical (unpaired) electrons. The second-order valence-electron chi connectivity index (χ2n) is 6.93. The van der Waals surface area contributed by atoms with Crippen molar-refractivity contribution in [2.75, 3.05) is 13.1 Å². The maximum Gasteiger partial charge on any atom is 0.219 e. The quantitative estimate of drug-likeness (QED) is 0.562. The van der Waals surface area contributed by atoms with Crippen LogP contribution >= 0.6 is 0 Å². The molecule has 1 amide bonds. The number of amides is 1. The van der Waals surface area contributed by atoms with Crippen molar-refractivity contribution < 1.29 is 4.79 Å². The van der Waals surface area contributed by atoms with Crippen molar-refractivity contribution in [3.05, 3.63) is 12.2 Å². The van der Waals surface area contributed by atoms with Crippen LogP contribution in [-0.4, -0.2) is 23.9 Å². The molecule has 3 atom stereocenters. The summed E-state index contributed by atoms with van der Waals surface area (Å²) >= 11 is 0. The molecule has 0 aliphatic heterocycles. The summed E-state index contributed by atoms with van der Waals surface area (Å²) in [6.07, 6.45) is 10.6. The van der Waals surface area contributed by atoms with Gasteiger partial charge in [0.2, 0.25) is 5.91 Å². The highest BCUT2D eigenvalue weighted by molar-refractivity contribution is 5.73. The molecule has 1 aliphatic rings. The van der Waals surface area contributed by atoms with Crippen LogP contribution in [0.15, 0.2) is 12.2 Å². The van der Waals surface area contributed by atoms with E-state index in [1.807, 2.05) is 0 Å². The van der Waals surface area contributed by atoms with Crippen LogP contribution < -0.4 is 0 Å². The molecule has 1 rings (SSSR count). The number of rotatable bonds is 9. The topological polar surface area (TPSA) is 20.3 Å². The molecule has 0 saturated heterocycles. The van der Waals surface area contributed by atoms with Gasteiger partial charge in [-0.25, -0.2) is 0 Å². The van der Waals surface area contributed by atoms with E-state index in [1.54, 1.807) is 6.92 Å². The van der Waals surface area contributed by atoms with Crippen LogP contribution in [0.5, 0.6) is 0 Å². The summed E-state index contributed by atoms with van der Waals surface area (Å²) in [6, 6.07) is 0. The van der Waals surface area contributed by atoms with E-state index >= 15 is 0 Å². The van der Waals surface area contributed by atoms with Crippen LogP contribution in [-0.2, 0) is 4.79 Å². The van der Waals surface area contributed by atoms with E-state index in [2.05, 4.69) is 44.7 Å². The van der Waals surface area contributed by atoms with E-state index in [0.717, 1.165) is 31.8 Å². The Bertz CT molecular complexity index is 336. The maximum atomic E-state index is 11.8. The van der Waals surface area contributed by atoms with E-state index in [-0.39, 0.29) is 5.91 Å². The van der Waals surface area contributed by atoms with Crippen molar-refractivity contribution in [3.8, 4) is 0 Å². The molecule has 1 aliphatic carbocycles. The molecule has 0 bridgehead atoms. The zero-order chi connectivity index (χ0) is 15.2. The average molecular weight is 279 g/mol. The second kappa shape index (κ2) is 7.85. The summed E-state index contributed by atoms with van der Waals surface area (Å²) in [6.45, 7) is 12.6. The Hall–Kier alpha value is -0.790. The molecular formula is C18H33NO. The highest BCUT2D eigenvalue weighted by atomic mass is 16.2. The third-order valence-electron chi connectivity index (χ3n) is 4.85. The maximum absolute atomic E-state index is 11.8. The van der Waals surface area contributed by atoms with Crippen LogP contribution in [0.3, 0.4) is 0 Å². The van der Waals surface area contributed by atoms with Gasteiger partial charge in [-0.2, -0.15) is 0 Å². The molecule has 20 heavy (non-hydrogen) atoms. The number of carbonyl (C=O) groups excluding carboxylic acids is 1. The molecular weight excluding hydrogens is 246 g/mol. The van der Waals surface area contributed by atoms with E-state index in [9.17, 15) is 4.79 Å². The fourth-order valence-electron chi connectivity index (χ4n) is 2.98. The van der Waals surface area contributed by atoms with E-state index in [4.69, 9.17) is 0 Å². The first-order valence-electron chi connectivity index (χ1n) is 8.33. The van der Waals surface area contributed by atoms with Gasteiger partial charge in [-0.15, -0.1) is 0 Å². The van der Waals surface area contributed by atoms with E-state index in [0.29, 0.717) is 11.3 Å². The molecule has 116 valence electrons. The molecule has 0 heterocycles. The van der Waals surface area contributed by atoms with Gasteiger partial charge in [0, 0.05) is 20.0 Å². The Kier molecular flexibility index (Phi) is 6.78. The number of allylic oxidation sites excluding steroid dienone is 2. The van der Waals surface area contributed by atoms with Crippen molar-refractivity contribution >= 4 is 5.91 Å². The van der Waals surface area contributed by atoms with Crippen LogP contribution in [0.4, 0.5) is 0 Å². The summed E-state index contributed by atoms with van der Waals surface area (Å²) in [4.78, 5) is 13.9. The monoisotopic (exact) mass is 279 g/mol. The summed E-state index contributed by atoms with van der Waals surface area (Å²) in [5.41, 5.74) is 0.374. The van der Waals surface area contributed by atoms with Crippen molar-refractivity contribution in [1.29, 1.82) is 0 Å². The number of hydrogen-bond acceptors (Lipinski definition) is 1. The summed E-state index contributed by atoms with van der Waals surface area (Å²) < 4.78 is 0. The highest BCUT2D eigenvalue weighted by Crippen LogP contribution is 2.55. The van der Waals surface area contributed by atoms with Crippen LogP contribution in [0, 0.1) is 17.3 Å². The Balaban J connectivity index is 2.41. The number of nitrogens with zero attached hydrogens (tertiary/aromatic N) is 1. The molecule has 0 aromatic carbocycles. The third-order valence-corrected chi connectivity index (χ3v) is 4.85. The Labute approximate surface area is 125 Å². The van der Waals surface area contributed by atoms with Gasteiger partial charge in [-0.05, 0) is 42.9 Å². The van der Waals surface area contributed by atoms with Crippen LogP contribution in [0.1, 0.15) is 66.7 Å². The first kappa shape index (κ1) is 17.3.